The van der Waals surface area contributed by atoms with Crippen LogP contribution in [0.4, 0.5) is 0 Å². The van der Waals surface area contributed by atoms with Gasteiger partial charge in [-0.05, 0) is 45.0 Å². The van der Waals surface area contributed by atoms with E-state index in [4.69, 9.17) is 11.6 Å². The van der Waals surface area contributed by atoms with Crippen LogP contribution in [0.2, 0.25) is 5.02 Å². The lowest BCUT2D eigenvalue weighted by Gasteiger charge is -2.18. The summed E-state index contributed by atoms with van der Waals surface area (Å²) in [6.07, 6.45) is 0. The van der Waals surface area contributed by atoms with Gasteiger partial charge in [0.05, 0.1) is 5.75 Å². The highest BCUT2D eigenvalue weighted by molar-refractivity contribution is 7.99. The molecule has 124 valence electrons. The zero-order chi connectivity index (χ0) is 16.8. The molecule has 1 aromatic carbocycles. The number of nitrogens with zero attached hydrogens (tertiary/aromatic N) is 4. The number of carbonyl (C=O) groups excluding carboxylic acids is 1. The van der Waals surface area contributed by atoms with Crippen LogP contribution in [0.25, 0.3) is 11.4 Å². The van der Waals surface area contributed by atoms with E-state index in [1.165, 1.54) is 11.8 Å². The number of hydrogen-bond donors (Lipinski definition) is 0. The van der Waals surface area contributed by atoms with Crippen molar-refractivity contribution in [3.63, 3.8) is 0 Å². The van der Waals surface area contributed by atoms with Crippen LogP contribution in [-0.4, -0.2) is 44.4 Å². The van der Waals surface area contributed by atoms with Crippen molar-refractivity contribution in [2.45, 2.75) is 32.5 Å². The van der Waals surface area contributed by atoms with Crippen LogP contribution in [0.1, 0.15) is 20.8 Å². The van der Waals surface area contributed by atoms with Crippen LogP contribution in [0.5, 0.6) is 0 Å². The maximum atomic E-state index is 12.1. The number of hydrogen-bond acceptors (Lipinski definition) is 4. The molecule has 23 heavy (non-hydrogen) atoms. The summed E-state index contributed by atoms with van der Waals surface area (Å²) < 4.78 is 2.02. The van der Waals surface area contributed by atoms with Crippen molar-refractivity contribution in [3.8, 4) is 11.4 Å². The van der Waals surface area contributed by atoms with Gasteiger partial charge in [0, 0.05) is 30.2 Å². The second-order valence-electron chi connectivity index (χ2n) is 4.91. The predicted octanol–water partition coefficient (Wildman–Crippen LogP) is 3.58. The van der Waals surface area contributed by atoms with E-state index in [-0.39, 0.29) is 5.91 Å². The van der Waals surface area contributed by atoms with Gasteiger partial charge in [0.15, 0.2) is 11.0 Å². The quantitative estimate of drug-likeness (QED) is 0.715. The molecule has 0 radical (unpaired) electrons. The van der Waals surface area contributed by atoms with Crippen LogP contribution in [0.15, 0.2) is 29.4 Å². The molecule has 2 aromatic rings. The maximum absolute atomic E-state index is 12.1. The molecule has 0 aliphatic rings. The summed E-state index contributed by atoms with van der Waals surface area (Å²) >= 11 is 7.36. The summed E-state index contributed by atoms with van der Waals surface area (Å²) in [5, 5.41) is 9.97. The Balaban J connectivity index is 2.15. The normalized spacial score (nSPS) is 10.8. The lowest BCUT2D eigenvalue weighted by atomic mass is 10.2. The maximum Gasteiger partial charge on any atom is 0.233 e. The Morgan fingerprint density at radius 2 is 1.83 bits per heavy atom. The van der Waals surface area contributed by atoms with Gasteiger partial charge < -0.3 is 9.47 Å². The minimum Gasteiger partial charge on any atom is -0.343 e. The van der Waals surface area contributed by atoms with Gasteiger partial charge in [0.1, 0.15) is 0 Å². The lowest BCUT2D eigenvalue weighted by Crippen LogP contribution is -2.31. The zero-order valence-corrected chi connectivity index (χ0v) is 15.2. The van der Waals surface area contributed by atoms with Gasteiger partial charge >= 0.3 is 0 Å². The van der Waals surface area contributed by atoms with Crippen molar-refractivity contribution in [1.29, 1.82) is 0 Å². The van der Waals surface area contributed by atoms with Gasteiger partial charge in [-0.15, -0.1) is 10.2 Å². The third kappa shape index (κ3) is 4.26. The summed E-state index contributed by atoms with van der Waals surface area (Å²) in [6, 6.07) is 7.52. The Bertz CT molecular complexity index is 653. The number of rotatable bonds is 7. The molecule has 5 nitrogen and oxygen atoms in total. The molecule has 0 fully saturated rings. The molecule has 0 aliphatic heterocycles. The fraction of sp³-hybridized carbons (Fsp3) is 0.438. The van der Waals surface area contributed by atoms with E-state index >= 15 is 0 Å². The minimum atomic E-state index is 0.124. The molecular formula is C16H21ClN4OS. The molecule has 0 unspecified atom stereocenters. The molecule has 1 amide bonds. The smallest absolute Gasteiger partial charge is 0.233 e. The van der Waals surface area contributed by atoms with Crippen LogP contribution in [-0.2, 0) is 11.3 Å². The SMILES string of the molecule is CCN(CC)C(=O)CSc1nnc(-c2ccc(Cl)cc2)n1CC. The number of carbonyl (C=O) groups is 1. The van der Waals surface area contributed by atoms with E-state index in [1.807, 2.05) is 54.5 Å². The average molecular weight is 353 g/mol. The molecule has 0 bridgehead atoms. The first-order valence-electron chi connectivity index (χ1n) is 7.70. The van der Waals surface area contributed by atoms with Gasteiger partial charge in [-0.2, -0.15) is 0 Å². The molecule has 0 spiro atoms. The Labute approximate surface area is 146 Å². The molecule has 1 aromatic heterocycles. The Hall–Kier alpha value is -1.53. The number of amides is 1. The largest absolute Gasteiger partial charge is 0.343 e. The lowest BCUT2D eigenvalue weighted by molar-refractivity contribution is -0.127. The molecule has 0 N–H and O–H groups in total. The highest BCUT2D eigenvalue weighted by atomic mass is 35.5. The highest BCUT2D eigenvalue weighted by Gasteiger charge is 2.16. The van der Waals surface area contributed by atoms with Crippen LogP contribution < -0.4 is 0 Å². The van der Waals surface area contributed by atoms with Crippen molar-refractivity contribution in [2.24, 2.45) is 0 Å². The Morgan fingerprint density at radius 1 is 1.17 bits per heavy atom. The summed E-state index contributed by atoms with van der Waals surface area (Å²) in [5.41, 5.74) is 0.964. The summed E-state index contributed by atoms with van der Waals surface area (Å²) in [7, 11) is 0. The second kappa shape index (κ2) is 8.36. The van der Waals surface area contributed by atoms with Gasteiger partial charge in [0.25, 0.3) is 0 Å². The minimum absolute atomic E-state index is 0.124. The molecule has 0 saturated carbocycles. The van der Waals surface area contributed by atoms with E-state index in [9.17, 15) is 4.79 Å². The van der Waals surface area contributed by atoms with E-state index in [0.29, 0.717) is 10.8 Å². The van der Waals surface area contributed by atoms with Crippen LogP contribution in [0.3, 0.4) is 0 Å². The summed E-state index contributed by atoms with van der Waals surface area (Å²) in [4.78, 5) is 13.9. The number of halogens is 1. The number of benzene rings is 1. The second-order valence-corrected chi connectivity index (χ2v) is 6.29. The monoisotopic (exact) mass is 352 g/mol. The summed E-state index contributed by atoms with van der Waals surface area (Å²) in [6.45, 7) is 8.21. The van der Waals surface area contributed by atoms with E-state index in [2.05, 4.69) is 10.2 Å². The molecule has 0 aliphatic carbocycles. The van der Waals surface area contributed by atoms with Crippen molar-refractivity contribution in [1.82, 2.24) is 19.7 Å². The number of aromatic nitrogens is 3. The number of thioether (sulfide) groups is 1. The fourth-order valence-corrected chi connectivity index (χ4v) is 3.32. The molecule has 0 atom stereocenters. The van der Waals surface area contributed by atoms with Crippen LogP contribution in [0, 0.1) is 0 Å². The van der Waals surface area contributed by atoms with Gasteiger partial charge in [-0.25, -0.2) is 0 Å². The van der Waals surface area contributed by atoms with Crippen molar-refractivity contribution < 1.29 is 4.79 Å². The molecule has 1 heterocycles. The van der Waals surface area contributed by atoms with Crippen molar-refractivity contribution in [2.75, 3.05) is 18.8 Å². The third-order valence-electron chi connectivity index (χ3n) is 3.58. The van der Waals surface area contributed by atoms with Gasteiger partial charge in [-0.1, -0.05) is 23.4 Å². The molecule has 7 heteroatoms. The first-order chi connectivity index (χ1) is 11.1. The third-order valence-corrected chi connectivity index (χ3v) is 4.78. The topological polar surface area (TPSA) is 51.0 Å². The average Bonchev–Trinajstić information content (AvgIpc) is 2.97. The molecular weight excluding hydrogens is 332 g/mol. The van der Waals surface area contributed by atoms with Crippen molar-refractivity contribution in [3.05, 3.63) is 29.3 Å². The standard InChI is InChI=1S/C16H21ClN4OS/c1-4-20(5-2)14(22)11-23-16-19-18-15(21(16)6-3)12-7-9-13(17)10-8-12/h7-10H,4-6,11H2,1-3H3. The fourth-order valence-electron chi connectivity index (χ4n) is 2.29. The molecule has 0 saturated heterocycles. The Kier molecular flexibility index (Phi) is 6.47. The highest BCUT2D eigenvalue weighted by Crippen LogP contribution is 2.25. The van der Waals surface area contributed by atoms with E-state index < -0.39 is 0 Å². The van der Waals surface area contributed by atoms with E-state index in [1.54, 1.807) is 0 Å². The van der Waals surface area contributed by atoms with Gasteiger partial charge in [0.2, 0.25) is 5.91 Å². The summed E-state index contributed by atoms with van der Waals surface area (Å²) in [5.74, 6) is 1.29. The molecule has 2 rings (SSSR count). The van der Waals surface area contributed by atoms with Crippen LogP contribution >= 0.6 is 23.4 Å². The van der Waals surface area contributed by atoms with Gasteiger partial charge in [-0.3, -0.25) is 4.79 Å². The predicted molar refractivity (Wildman–Crippen MR) is 94.8 cm³/mol. The first kappa shape index (κ1) is 17.8. The zero-order valence-electron chi connectivity index (χ0n) is 13.6. The van der Waals surface area contributed by atoms with E-state index in [0.717, 1.165) is 36.2 Å². The van der Waals surface area contributed by atoms with Crippen molar-refractivity contribution >= 4 is 29.3 Å². The first-order valence-corrected chi connectivity index (χ1v) is 9.06. The Morgan fingerprint density at radius 3 is 2.39 bits per heavy atom.